The second-order valence-corrected chi connectivity index (χ2v) is 8.55. The quantitative estimate of drug-likeness (QED) is 0.750. The molecule has 0 saturated heterocycles. The molecule has 0 aliphatic heterocycles. The normalized spacial score (nSPS) is 15.6. The van der Waals surface area contributed by atoms with Crippen LogP contribution in [0.1, 0.15) is 89.8 Å². The van der Waals surface area contributed by atoms with Crippen LogP contribution in [0.15, 0.2) is 28.0 Å². The van der Waals surface area contributed by atoms with Gasteiger partial charge in [-0.1, -0.05) is 59.8 Å². The summed E-state index contributed by atoms with van der Waals surface area (Å²) in [5, 5.41) is 9.98. The lowest BCUT2D eigenvalue weighted by atomic mass is 9.89. The summed E-state index contributed by atoms with van der Waals surface area (Å²) >= 11 is 0. The van der Waals surface area contributed by atoms with Crippen molar-refractivity contribution in [3.63, 3.8) is 0 Å². The molecule has 23 heavy (non-hydrogen) atoms. The molecule has 0 aliphatic carbocycles. The van der Waals surface area contributed by atoms with Gasteiger partial charge in [0.1, 0.15) is 0 Å². The molecule has 0 saturated carbocycles. The average Bonchev–Trinajstić information content (AvgIpc) is 2.45. The molecule has 0 radical (unpaired) electrons. The van der Waals surface area contributed by atoms with E-state index in [-0.39, 0.29) is 11.8 Å². The molecule has 0 bridgehead atoms. The Kier molecular flexibility index (Phi) is 7.22. The predicted octanol–water partition coefficient (Wildman–Crippen LogP) is 5.45. The van der Waals surface area contributed by atoms with Gasteiger partial charge in [-0.15, -0.1) is 0 Å². The minimum absolute atomic E-state index is 0.289. The van der Waals surface area contributed by atoms with Gasteiger partial charge in [0.15, 0.2) is 0 Å². The molecule has 0 aliphatic rings. The van der Waals surface area contributed by atoms with Gasteiger partial charge in [0.2, 0.25) is 0 Å². The number of aliphatic hydroxyl groups is 1. The highest BCUT2D eigenvalue weighted by atomic mass is 32.2. The molecule has 1 aromatic carbocycles. The summed E-state index contributed by atoms with van der Waals surface area (Å²) in [4.78, 5) is 1.49. The maximum atomic E-state index is 13.2. The monoisotopic (exact) mass is 336 g/mol. The molecule has 1 aromatic rings. The second kappa shape index (κ2) is 8.25. The molecule has 0 heterocycles. The van der Waals surface area contributed by atoms with Crippen molar-refractivity contribution in [1.29, 1.82) is 0 Å². The van der Waals surface area contributed by atoms with E-state index in [2.05, 4.69) is 53.7 Å². The van der Waals surface area contributed by atoms with Gasteiger partial charge in [0, 0.05) is 4.91 Å². The minimum atomic E-state index is -1.33. The summed E-state index contributed by atoms with van der Waals surface area (Å²) in [5.74, 6) is 1.01. The lowest BCUT2D eigenvalue weighted by Gasteiger charge is -2.23. The van der Waals surface area contributed by atoms with E-state index in [1.165, 1.54) is 5.56 Å². The predicted molar refractivity (Wildman–Crippen MR) is 101 cm³/mol. The third-order valence-corrected chi connectivity index (χ3v) is 6.02. The van der Waals surface area contributed by atoms with Crippen molar-refractivity contribution in [2.75, 3.05) is 0 Å². The van der Waals surface area contributed by atoms with Crippen molar-refractivity contribution in [3.05, 3.63) is 39.8 Å². The van der Waals surface area contributed by atoms with Crippen LogP contribution in [0.3, 0.4) is 0 Å². The van der Waals surface area contributed by atoms with Gasteiger partial charge >= 0.3 is 0 Å². The summed E-state index contributed by atoms with van der Waals surface area (Å²) < 4.78 is 13.2. The van der Waals surface area contributed by atoms with Crippen molar-refractivity contribution in [2.45, 2.75) is 84.1 Å². The SMILES string of the molecule is C/C=C(\C(C)O)[S@](=O)c1c(C(C)C)cc(C(C)C)cc1C(C)C. The van der Waals surface area contributed by atoms with E-state index in [4.69, 9.17) is 0 Å². The summed E-state index contributed by atoms with van der Waals surface area (Å²) in [5.41, 5.74) is 3.56. The van der Waals surface area contributed by atoms with Crippen molar-refractivity contribution >= 4 is 10.8 Å². The highest BCUT2D eigenvalue weighted by molar-refractivity contribution is 7.89. The van der Waals surface area contributed by atoms with Crippen LogP contribution in [-0.2, 0) is 10.8 Å². The number of rotatable bonds is 6. The maximum absolute atomic E-state index is 13.2. The van der Waals surface area contributed by atoms with Gasteiger partial charge in [-0.3, -0.25) is 0 Å². The zero-order valence-electron chi connectivity index (χ0n) is 15.8. The van der Waals surface area contributed by atoms with Gasteiger partial charge < -0.3 is 5.11 Å². The number of hydrogen-bond acceptors (Lipinski definition) is 2. The Morgan fingerprint density at radius 2 is 1.39 bits per heavy atom. The van der Waals surface area contributed by atoms with Crippen LogP contribution in [0.5, 0.6) is 0 Å². The Bertz CT molecular complexity index is 567. The highest BCUT2D eigenvalue weighted by Crippen LogP contribution is 2.36. The first kappa shape index (κ1) is 20.1. The Labute approximate surface area is 144 Å². The third kappa shape index (κ3) is 4.54. The fourth-order valence-electron chi connectivity index (χ4n) is 2.72. The fraction of sp³-hybridized carbons (Fsp3) is 0.600. The van der Waals surface area contributed by atoms with Crippen LogP contribution in [0.2, 0.25) is 0 Å². The molecule has 1 rings (SSSR count). The molecular formula is C20H32O2S. The first-order chi connectivity index (χ1) is 10.6. The second-order valence-electron chi connectivity index (χ2n) is 7.13. The van der Waals surface area contributed by atoms with Crippen molar-refractivity contribution in [1.82, 2.24) is 0 Å². The molecule has 1 N–H and O–H groups in total. The smallest absolute Gasteiger partial charge is 0.0845 e. The molecule has 1 unspecified atom stereocenters. The molecule has 0 amide bonds. The molecule has 2 atom stereocenters. The zero-order chi connectivity index (χ0) is 17.9. The Morgan fingerprint density at radius 3 is 1.65 bits per heavy atom. The van der Waals surface area contributed by atoms with E-state index in [9.17, 15) is 9.32 Å². The molecule has 0 spiro atoms. The number of allylic oxidation sites excluding steroid dienone is 1. The summed E-state index contributed by atoms with van der Waals surface area (Å²) in [6.45, 7) is 16.5. The van der Waals surface area contributed by atoms with Crippen LogP contribution < -0.4 is 0 Å². The first-order valence-electron chi connectivity index (χ1n) is 8.55. The van der Waals surface area contributed by atoms with E-state index in [1.807, 2.05) is 6.92 Å². The van der Waals surface area contributed by atoms with Crippen LogP contribution in [0, 0.1) is 0 Å². The van der Waals surface area contributed by atoms with Gasteiger partial charge in [-0.05, 0) is 48.3 Å². The largest absolute Gasteiger partial charge is 0.388 e. The van der Waals surface area contributed by atoms with Gasteiger partial charge in [-0.25, -0.2) is 4.21 Å². The molecule has 0 fully saturated rings. The Hall–Kier alpha value is -0.930. The lowest BCUT2D eigenvalue weighted by molar-refractivity contribution is 0.239. The van der Waals surface area contributed by atoms with E-state index in [0.29, 0.717) is 10.8 Å². The van der Waals surface area contributed by atoms with Gasteiger partial charge in [0.25, 0.3) is 0 Å². The van der Waals surface area contributed by atoms with Crippen molar-refractivity contribution in [3.8, 4) is 0 Å². The summed E-state index contributed by atoms with van der Waals surface area (Å²) in [7, 11) is -1.33. The van der Waals surface area contributed by atoms with Crippen molar-refractivity contribution < 1.29 is 9.32 Å². The lowest BCUT2D eigenvalue weighted by Crippen LogP contribution is -2.15. The van der Waals surface area contributed by atoms with E-state index < -0.39 is 16.9 Å². The topological polar surface area (TPSA) is 37.3 Å². The minimum Gasteiger partial charge on any atom is -0.388 e. The Morgan fingerprint density at radius 1 is 0.957 bits per heavy atom. The van der Waals surface area contributed by atoms with Gasteiger partial charge in [0.05, 0.1) is 21.8 Å². The standard InChI is InChI=1S/C20H32O2S/c1-9-19(15(8)21)23(22)20-17(13(4)5)10-16(12(2)3)11-18(20)14(6)7/h9-15,21H,1-8H3/b19-9+/t15?,23-/m0/s1. The summed E-state index contributed by atoms with van der Waals surface area (Å²) in [6.07, 6.45) is 1.08. The van der Waals surface area contributed by atoms with Crippen LogP contribution in [0.25, 0.3) is 0 Å². The van der Waals surface area contributed by atoms with Crippen LogP contribution in [-0.4, -0.2) is 15.4 Å². The van der Waals surface area contributed by atoms with Crippen molar-refractivity contribution in [2.24, 2.45) is 0 Å². The molecule has 2 nitrogen and oxygen atoms in total. The van der Waals surface area contributed by atoms with Crippen LogP contribution >= 0.6 is 0 Å². The number of benzene rings is 1. The van der Waals surface area contributed by atoms with Crippen LogP contribution in [0.4, 0.5) is 0 Å². The fourth-order valence-corrected chi connectivity index (χ4v) is 4.50. The van der Waals surface area contributed by atoms with E-state index in [1.54, 1.807) is 13.0 Å². The highest BCUT2D eigenvalue weighted by Gasteiger charge is 2.24. The molecule has 3 heteroatoms. The zero-order valence-corrected chi connectivity index (χ0v) is 16.6. The molecule has 130 valence electrons. The number of aliphatic hydroxyl groups excluding tert-OH is 1. The average molecular weight is 337 g/mol. The molecular weight excluding hydrogens is 304 g/mol. The summed E-state index contributed by atoms with van der Waals surface area (Å²) in [6, 6.07) is 4.40. The maximum Gasteiger partial charge on any atom is 0.0845 e. The number of hydrogen-bond donors (Lipinski definition) is 1. The molecule has 0 aromatic heterocycles. The Balaban J connectivity index is 3.71. The third-order valence-electron chi connectivity index (χ3n) is 4.18. The van der Waals surface area contributed by atoms with Gasteiger partial charge in [-0.2, -0.15) is 0 Å². The van der Waals surface area contributed by atoms with E-state index >= 15 is 0 Å². The van der Waals surface area contributed by atoms with E-state index in [0.717, 1.165) is 16.0 Å². The first-order valence-corrected chi connectivity index (χ1v) is 9.70.